The van der Waals surface area contributed by atoms with Gasteiger partial charge in [0.2, 0.25) is 0 Å². The Balaban J connectivity index is 2.62. The van der Waals surface area contributed by atoms with Gasteiger partial charge in [0.1, 0.15) is 0 Å². The van der Waals surface area contributed by atoms with E-state index in [0.29, 0.717) is 11.6 Å². The van der Waals surface area contributed by atoms with Crippen LogP contribution in [-0.2, 0) is 9.84 Å². The van der Waals surface area contributed by atoms with Gasteiger partial charge in [0.05, 0.1) is 16.5 Å². The maximum Gasteiger partial charge on any atom is 0.151 e. The van der Waals surface area contributed by atoms with Crippen LogP contribution in [0, 0.1) is 6.92 Å². The maximum absolute atomic E-state index is 11.3. The van der Waals surface area contributed by atoms with E-state index in [2.05, 4.69) is 5.32 Å². The monoisotopic (exact) mass is 261 g/mol. The lowest BCUT2D eigenvalue weighted by atomic mass is 10.2. The van der Waals surface area contributed by atoms with Crippen LogP contribution in [0.3, 0.4) is 0 Å². The minimum Gasteiger partial charge on any atom is -0.383 e. The molecule has 1 aromatic carbocycles. The highest BCUT2D eigenvalue weighted by molar-refractivity contribution is 7.91. The molecule has 1 aromatic rings. The van der Waals surface area contributed by atoms with Crippen LogP contribution in [0.2, 0.25) is 5.02 Å². The molecule has 0 heterocycles. The molecule has 5 heteroatoms. The van der Waals surface area contributed by atoms with E-state index in [0.717, 1.165) is 11.3 Å². The van der Waals surface area contributed by atoms with Crippen molar-refractivity contribution in [3.05, 3.63) is 28.8 Å². The molecule has 0 saturated heterocycles. The molecule has 0 radical (unpaired) electrons. The molecule has 0 unspecified atom stereocenters. The van der Waals surface area contributed by atoms with E-state index in [-0.39, 0.29) is 11.5 Å². The lowest BCUT2D eigenvalue weighted by Crippen LogP contribution is -2.17. The standard InChI is InChI=1S/C11H16ClNO2S/c1-3-16(14,15)8-7-13-11-9(2)5-4-6-10(11)12/h4-6,13H,3,7-8H2,1-2H3. The molecule has 90 valence electrons. The third-order valence-corrected chi connectivity index (χ3v) is 4.40. The number of hydrogen-bond acceptors (Lipinski definition) is 3. The van der Waals surface area contributed by atoms with Crippen molar-refractivity contribution in [3.63, 3.8) is 0 Å². The Labute approximate surface area is 102 Å². The Morgan fingerprint density at radius 3 is 2.62 bits per heavy atom. The van der Waals surface area contributed by atoms with Crippen LogP contribution in [-0.4, -0.2) is 26.5 Å². The molecule has 0 aromatic heterocycles. The van der Waals surface area contributed by atoms with Crippen LogP contribution in [0.1, 0.15) is 12.5 Å². The summed E-state index contributed by atoms with van der Waals surface area (Å²) in [5.41, 5.74) is 1.83. The fraction of sp³-hybridized carbons (Fsp3) is 0.455. The predicted octanol–water partition coefficient (Wildman–Crippen LogP) is 2.50. The number of halogens is 1. The number of rotatable bonds is 5. The number of aryl methyl sites for hydroxylation is 1. The van der Waals surface area contributed by atoms with E-state index >= 15 is 0 Å². The smallest absolute Gasteiger partial charge is 0.151 e. The first-order valence-electron chi connectivity index (χ1n) is 5.15. The fourth-order valence-electron chi connectivity index (χ4n) is 1.33. The minimum atomic E-state index is -2.92. The Morgan fingerprint density at radius 2 is 2.06 bits per heavy atom. The summed E-state index contributed by atoms with van der Waals surface area (Å²) in [7, 11) is -2.92. The van der Waals surface area contributed by atoms with Crippen LogP contribution in [0.25, 0.3) is 0 Å². The van der Waals surface area contributed by atoms with Crippen molar-refractivity contribution in [2.45, 2.75) is 13.8 Å². The maximum atomic E-state index is 11.3. The zero-order chi connectivity index (χ0) is 12.2. The molecule has 0 amide bonds. The third-order valence-electron chi connectivity index (χ3n) is 2.38. The van der Waals surface area contributed by atoms with Gasteiger partial charge in [0, 0.05) is 12.3 Å². The Kier molecular flexibility index (Phi) is 4.62. The summed E-state index contributed by atoms with van der Waals surface area (Å²) in [6.07, 6.45) is 0. The lowest BCUT2D eigenvalue weighted by molar-refractivity contribution is 0.597. The van der Waals surface area contributed by atoms with Gasteiger partial charge in [-0.3, -0.25) is 0 Å². The summed E-state index contributed by atoms with van der Waals surface area (Å²) in [6, 6.07) is 5.58. The number of sulfone groups is 1. The number of nitrogens with one attached hydrogen (secondary N) is 1. The number of benzene rings is 1. The van der Waals surface area contributed by atoms with E-state index in [4.69, 9.17) is 11.6 Å². The fourth-order valence-corrected chi connectivity index (χ4v) is 2.32. The number of hydrogen-bond donors (Lipinski definition) is 1. The molecule has 1 N–H and O–H groups in total. The van der Waals surface area contributed by atoms with Gasteiger partial charge in [0.25, 0.3) is 0 Å². The molecule has 0 fully saturated rings. The zero-order valence-corrected chi connectivity index (χ0v) is 11.0. The molecular weight excluding hydrogens is 246 g/mol. The van der Waals surface area contributed by atoms with Crippen LogP contribution >= 0.6 is 11.6 Å². The van der Waals surface area contributed by atoms with Gasteiger partial charge in [-0.05, 0) is 18.6 Å². The van der Waals surface area contributed by atoms with Crippen molar-refractivity contribution in [3.8, 4) is 0 Å². The van der Waals surface area contributed by atoms with Crippen molar-refractivity contribution in [1.82, 2.24) is 0 Å². The molecule has 0 bridgehead atoms. The van der Waals surface area contributed by atoms with Gasteiger partial charge < -0.3 is 5.32 Å². The SMILES string of the molecule is CCS(=O)(=O)CCNc1c(C)cccc1Cl. The third kappa shape index (κ3) is 3.68. The normalized spacial score (nSPS) is 11.4. The van der Waals surface area contributed by atoms with Crippen molar-refractivity contribution < 1.29 is 8.42 Å². The molecule has 0 saturated carbocycles. The first-order chi connectivity index (χ1) is 7.46. The van der Waals surface area contributed by atoms with Crippen molar-refractivity contribution in [1.29, 1.82) is 0 Å². The van der Waals surface area contributed by atoms with Gasteiger partial charge in [0.15, 0.2) is 9.84 Å². The van der Waals surface area contributed by atoms with Gasteiger partial charge >= 0.3 is 0 Å². The molecule has 0 aliphatic rings. The topological polar surface area (TPSA) is 46.2 Å². The summed E-state index contributed by atoms with van der Waals surface area (Å²) >= 11 is 6.00. The van der Waals surface area contributed by atoms with Crippen molar-refractivity contribution in [2.24, 2.45) is 0 Å². The minimum absolute atomic E-state index is 0.133. The summed E-state index contributed by atoms with van der Waals surface area (Å²) in [5, 5.41) is 3.68. The Morgan fingerprint density at radius 1 is 1.38 bits per heavy atom. The summed E-state index contributed by atoms with van der Waals surface area (Å²) in [5.74, 6) is 0.310. The molecule has 0 spiro atoms. The summed E-state index contributed by atoms with van der Waals surface area (Å²) in [4.78, 5) is 0. The van der Waals surface area contributed by atoms with Crippen LogP contribution in [0.4, 0.5) is 5.69 Å². The van der Waals surface area contributed by atoms with E-state index in [1.807, 2.05) is 19.1 Å². The van der Waals surface area contributed by atoms with Gasteiger partial charge in [-0.1, -0.05) is 30.7 Å². The first-order valence-corrected chi connectivity index (χ1v) is 7.35. The Bertz CT molecular complexity index is 437. The van der Waals surface area contributed by atoms with E-state index in [1.54, 1.807) is 13.0 Å². The molecular formula is C11H16ClNO2S. The molecule has 3 nitrogen and oxygen atoms in total. The highest BCUT2D eigenvalue weighted by Gasteiger charge is 2.08. The van der Waals surface area contributed by atoms with Crippen LogP contribution < -0.4 is 5.32 Å². The quantitative estimate of drug-likeness (QED) is 0.886. The van der Waals surface area contributed by atoms with E-state index in [1.165, 1.54) is 0 Å². The highest BCUT2D eigenvalue weighted by Crippen LogP contribution is 2.24. The van der Waals surface area contributed by atoms with E-state index < -0.39 is 9.84 Å². The van der Waals surface area contributed by atoms with Crippen LogP contribution in [0.5, 0.6) is 0 Å². The second kappa shape index (κ2) is 5.55. The molecule has 16 heavy (non-hydrogen) atoms. The average Bonchev–Trinajstić information content (AvgIpc) is 2.22. The lowest BCUT2D eigenvalue weighted by Gasteiger charge is -2.11. The first kappa shape index (κ1) is 13.3. The van der Waals surface area contributed by atoms with Gasteiger partial charge in [-0.2, -0.15) is 0 Å². The van der Waals surface area contributed by atoms with Gasteiger partial charge in [-0.15, -0.1) is 0 Å². The number of anilines is 1. The molecule has 0 atom stereocenters. The second-order valence-corrected chi connectivity index (χ2v) is 6.47. The van der Waals surface area contributed by atoms with Crippen LogP contribution in [0.15, 0.2) is 18.2 Å². The predicted molar refractivity (Wildman–Crippen MR) is 69.0 cm³/mol. The Hall–Kier alpha value is -0.740. The zero-order valence-electron chi connectivity index (χ0n) is 9.46. The summed E-state index contributed by atoms with van der Waals surface area (Å²) in [6.45, 7) is 3.97. The highest BCUT2D eigenvalue weighted by atomic mass is 35.5. The molecule has 0 aliphatic carbocycles. The number of para-hydroxylation sites is 1. The van der Waals surface area contributed by atoms with E-state index in [9.17, 15) is 8.42 Å². The van der Waals surface area contributed by atoms with Crippen molar-refractivity contribution >= 4 is 27.1 Å². The second-order valence-electron chi connectivity index (χ2n) is 3.59. The van der Waals surface area contributed by atoms with Gasteiger partial charge in [-0.25, -0.2) is 8.42 Å². The average molecular weight is 262 g/mol. The largest absolute Gasteiger partial charge is 0.383 e. The molecule has 1 rings (SSSR count). The molecule has 0 aliphatic heterocycles. The van der Waals surface area contributed by atoms with Crippen molar-refractivity contribution in [2.75, 3.05) is 23.4 Å². The summed E-state index contributed by atoms with van der Waals surface area (Å²) < 4.78 is 22.6.